The highest BCUT2D eigenvalue weighted by Gasteiger charge is 2.27. The summed E-state index contributed by atoms with van der Waals surface area (Å²) in [4.78, 5) is 26.0. The summed E-state index contributed by atoms with van der Waals surface area (Å²) in [5, 5.41) is 1.59. The first-order valence-corrected chi connectivity index (χ1v) is 10.4. The summed E-state index contributed by atoms with van der Waals surface area (Å²) < 4.78 is 24.0. The molecule has 1 atom stereocenters. The smallest absolute Gasteiger partial charge is 0.242 e. The molecule has 1 N–H and O–H groups in total. The number of hydrogen-bond donors (Lipinski definition) is 1. The highest BCUT2D eigenvalue weighted by molar-refractivity contribution is 7.92. The molecule has 0 bridgehead atoms. The Morgan fingerprint density at radius 3 is 2.76 bits per heavy atom. The number of benzene rings is 1. The van der Waals surface area contributed by atoms with Crippen molar-refractivity contribution >= 4 is 27.3 Å². The number of likely N-dealkylation sites (tertiary alicyclic amines) is 1. The van der Waals surface area contributed by atoms with Crippen molar-refractivity contribution in [3.8, 4) is 0 Å². The molecule has 1 aliphatic rings. The monoisotopic (exact) mass is 366 g/mol. The van der Waals surface area contributed by atoms with Crippen LogP contribution in [-0.2, 0) is 26.0 Å². The largest absolute Gasteiger partial charge is 0.338 e. The molecule has 1 aromatic carbocycles. The molecule has 0 radical (unpaired) electrons. The van der Waals surface area contributed by atoms with E-state index < -0.39 is 21.0 Å². The number of nitrogens with zero attached hydrogens (tertiary/aromatic N) is 1. The molecule has 25 heavy (non-hydrogen) atoms. The highest BCUT2D eigenvalue weighted by Crippen LogP contribution is 2.18. The van der Waals surface area contributed by atoms with Gasteiger partial charge in [-0.3, -0.25) is 9.59 Å². The van der Waals surface area contributed by atoms with E-state index in [1.54, 1.807) is 25.1 Å². The minimum Gasteiger partial charge on any atom is -0.338 e. The Labute approximate surface area is 149 Å². The van der Waals surface area contributed by atoms with Crippen LogP contribution in [-0.4, -0.2) is 42.7 Å². The van der Waals surface area contributed by atoms with Crippen molar-refractivity contribution in [1.29, 1.82) is 0 Å². The summed E-state index contributed by atoms with van der Waals surface area (Å²) in [6.45, 7) is 4.44. The molecular formula is C18H26N2O4S. The van der Waals surface area contributed by atoms with Gasteiger partial charge in [-0.1, -0.05) is 19.1 Å². The van der Waals surface area contributed by atoms with Crippen LogP contribution in [0.15, 0.2) is 24.3 Å². The van der Waals surface area contributed by atoms with Crippen molar-refractivity contribution in [2.24, 2.45) is 0 Å². The van der Waals surface area contributed by atoms with E-state index in [2.05, 4.69) is 5.32 Å². The van der Waals surface area contributed by atoms with Crippen molar-refractivity contribution in [2.45, 2.75) is 51.3 Å². The SMILES string of the molecule is CCCS(=O)(=O)C(C)C(=O)Nc1cccc(CN2CCCCC2=O)c1. The third-order valence-electron chi connectivity index (χ3n) is 4.39. The van der Waals surface area contributed by atoms with E-state index in [0.717, 1.165) is 24.9 Å². The summed E-state index contributed by atoms with van der Waals surface area (Å²) in [6.07, 6.45) is 3.02. The van der Waals surface area contributed by atoms with E-state index >= 15 is 0 Å². The minimum atomic E-state index is -3.43. The molecule has 0 aromatic heterocycles. The number of amides is 2. The van der Waals surface area contributed by atoms with Crippen LogP contribution in [0.2, 0.25) is 0 Å². The fourth-order valence-corrected chi connectivity index (χ4v) is 4.17. The number of rotatable bonds is 7. The summed E-state index contributed by atoms with van der Waals surface area (Å²) >= 11 is 0. The van der Waals surface area contributed by atoms with Gasteiger partial charge in [0.15, 0.2) is 9.84 Å². The van der Waals surface area contributed by atoms with Gasteiger partial charge < -0.3 is 10.2 Å². The lowest BCUT2D eigenvalue weighted by atomic mass is 10.1. The molecule has 1 aromatic rings. The predicted octanol–water partition coefficient (Wildman–Crippen LogP) is 2.35. The van der Waals surface area contributed by atoms with Crippen molar-refractivity contribution in [1.82, 2.24) is 4.90 Å². The van der Waals surface area contributed by atoms with Crippen LogP contribution >= 0.6 is 0 Å². The van der Waals surface area contributed by atoms with Crippen LogP contribution in [0.4, 0.5) is 5.69 Å². The Morgan fingerprint density at radius 1 is 1.32 bits per heavy atom. The second-order valence-electron chi connectivity index (χ2n) is 6.47. The second kappa shape index (κ2) is 8.47. The van der Waals surface area contributed by atoms with Gasteiger partial charge in [-0.05, 0) is 43.9 Å². The van der Waals surface area contributed by atoms with Crippen LogP contribution in [0.25, 0.3) is 0 Å². The molecule has 1 fully saturated rings. The molecule has 0 spiro atoms. The molecule has 1 saturated heterocycles. The Hall–Kier alpha value is -1.89. The maximum absolute atomic E-state index is 12.2. The maximum Gasteiger partial charge on any atom is 0.242 e. The van der Waals surface area contributed by atoms with E-state index in [1.807, 2.05) is 11.0 Å². The quantitative estimate of drug-likeness (QED) is 0.803. The van der Waals surface area contributed by atoms with Gasteiger partial charge in [0.2, 0.25) is 11.8 Å². The topological polar surface area (TPSA) is 83.6 Å². The summed E-state index contributed by atoms with van der Waals surface area (Å²) in [6, 6.07) is 7.21. The van der Waals surface area contributed by atoms with Gasteiger partial charge in [-0.25, -0.2) is 8.42 Å². The van der Waals surface area contributed by atoms with Gasteiger partial charge in [0.25, 0.3) is 0 Å². The number of nitrogens with one attached hydrogen (secondary N) is 1. The van der Waals surface area contributed by atoms with Crippen LogP contribution in [0.5, 0.6) is 0 Å². The first kappa shape index (κ1) is 19.4. The fraction of sp³-hybridized carbons (Fsp3) is 0.556. The fourth-order valence-electron chi connectivity index (χ4n) is 2.87. The number of anilines is 1. The minimum absolute atomic E-state index is 0.00129. The molecule has 1 unspecified atom stereocenters. The van der Waals surface area contributed by atoms with Crippen LogP contribution in [0.3, 0.4) is 0 Å². The van der Waals surface area contributed by atoms with Gasteiger partial charge in [0, 0.05) is 25.2 Å². The van der Waals surface area contributed by atoms with Gasteiger partial charge in [-0.15, -0.1) is 0 Å². The molecule has 0 saturated carbocycles. The third kappa shape index (κ3) is 5.29. The molecule has 2 rings (SSSR count). The lowest BCUT2D eigenvalue weighted by Crippen LogP contribution is -2.35. The second-order valence-corrected chi connectivity index (χ2v) is 8.91. The van der Waals surface area contributed by atoms with Crippen LogP contribution in [0.1, 0.15) is 45.1 Å². The number of sulfone groups is 1. The maximum atomic E-state index is 12.2. The Balaban J connectivity index is 2.03. The molecular weight excluding hydrogens is 340 g/mol. The van der Waals surface area contributed by atoms with Crippen molar-refractivity contribution in [3.05, 3.63) is 29.8 Å². The summed E-state index contributed by atoms with van der Waals surface area (Å²) in [5.74, 6) is -0.377. The van der Waals surface area contributed by atoms with E-state index in [0.29, 0.717) is 25.1 Å². The van der Waals surface area contributed by atoms with E-state index in [-0.39, 0.29) is 11.7 Å². The van der Waals surface area contributed by atoms with Gasteiger partial charge in [0.1, 0.15) is 5.25 Å². The molecule has 138 valence electrons. The molecule has 6 nitrogen and oxygen atoms in total. The zero-order chi connectivity index (χ0) is 18.4. The zero-order valence-corrected chi connectivity index (χ0v) is 15.6. The number of carbonyl (C=O) groups is 2. The number of hydrogen-bond acceptors (Lipinski definition) is 4. The van der Waals surface area contributed by atoms with Crippen molar-refractivity contribution < 1.29 is 18.0 Å². The lowest BCUT2D eigenvalue weighted by molar-refractivity contribution is -0.133. The number of piperidine rings is 1. The predicted molar refractivity (Wildman–Crippen MR) is 97.9 cm³/mol. The molecule has 1 aliphatic heterocycles. The van der Waals surface area contributed by atoms with Gasteiger partial charge in [0.05, 0.1) is 5.75 Å². The Morgan fingerprint density at radius 2 is 2.08 bits per heavy atom. The average Bonchev–Trinajstić information content (AvgIpc) is 2.56. The molecule has 0 aliphatic carbocycles. The Bertz CT molecular complexity index is 730. The van der Waals surface area contributed by atoms with Crippen molar-refractivity contribution in [3.63, 3.8) is 0 Å². The van der Waals surface area contributed by atoms with E-state index in [4.69, 9.17) is 0 Å². The highest BCUT2D eigenvalue weighted by atomic mass is 32.2. The van der Waals surface area contributed by atoms with Gasteiger partial charge in [-0.2, -0.15) is 0 Å². The first-order chi connectivity index (χ1) is 11.8. The summed E-state index contributed by atoms with van der Waals surface area (Å²) in [7, 11) is -3.43. The van der Waals surface area contributed by atoms with Crippen LogP contribution < -0.4 is 5.32 Å². The zero-order valence-electron chi connectivity index (χ0n) is 14.8. The first-order valence-electron chi connectivity index (χ1n) is 8.72. The standard InChI is InChI=1S/C18H26N2O4S/c1-3-11-25(23,24)14(2)18(22)19-16-8-6-7-15(12-16)13-20-10-5-4-9-17(20)21/h6-8,12,14H,3-5,9-11,13H2,1-2H3,(H,19,22). The number of carbonyl (C=O) groups excluding carboxylic acids is 2. The third-order valence-corrected chi connectivity index (χ3v) is 6.65. The van der Waals surface area contributed by atoms with E-state index in [1.165, 1.54) is 6.92 Å². The molecule has 7 heteroatoms. The average molecular weight is 366 g/mol. The lowest BCUT2D eigenvalue weighted by Gasteiger charge is -2.27. The molecule has 2 amide bonds. The van der Waals surface area contributed by atoms with Crippen molar-refractivity contribution in [2.75, 3.05) is 17.6 Å². The Kier molecular flexibility index (Phi) is 6.58. The van der Waals surface area contributed by atoms with Gasteiger partial charge >= 0.3 is 0 Å². The van der Waals surface area contributed by atoms with E-state index in [9.17, 15) is 18.0 Å². The summed E-state index contributed by atoms with van der Waals surface area (Å²) in [5.41, 5.74) is 1.46. The molecule has 1 heterocycles. The normalized spacial score (nSPS) is 16.6. The van der Waals surface area contributed by atoms with Crippen LogP contribution in [0, 0.1) is 0 Å².